The molecule has 0 aliphatic heterocycles. The van der Waals surface area contributed by atoms with Crippen LogP contribution in [0.4, 0.5) is 0 Å². The Morgan fingerprint density at radius 1 is 0.778 bits per heavy atom. The van der Waals surface area contributed by atoms with Crippen molar-refractivity contribution in [2.24, 2.45) is 0 Å². The van der Waals surface area contributed by atoms with Crippen molar-refractivity contribution in [3.8, 4) is 0 Å². The van der Waals surface area contributed by atoms with Gasteiger partial charge in [-0.05, 0) is 0 Å². The molecule has 6 heteroatoms. The number of aromatic nitrogens is 2. The van der Waals surface area contributed by atoms with E-state index in [0.29, 0.717) is 0 Å². The molecule has 0 aliphatic carbocycles. The van der Waals surface area contributed by atoms with Crippen molar-refractivity contribution in [2.75, 3.05) is 0 Å². The fourth-order valence-corrected chi connectivity index (χ4v) is 10.7. The van der Waals surface area contributed by atoms with Gasteiger partial charge in [0.2, 0.25) is 0 Å². The summed E-state index contributed by atoms with van der Waals surface area (Å²) >= 11 is 6.63. The molecule has 0 saturated heterocycles. The van der Waals surface area contributed by atoms with Crippen LogP contribution in [0.5, 0.6) is 0 Å². The molecule has 18 heavy (non-hydrogen) atoms. The van der Waals surface area contributed by atoms with Crippen LogP contribution in [0.1, 0.15) is 11.4 Å². The first-order valence-corrected chi connectivity index (χ1v) is 16.4. The average molecular weight is 597 g/mol. The maximum atomic E-state index is 4.63. The molecular formula is C12H10Br2N2Te2. The van der Waals surface area contributed by atoms with Crippen LogP contribution < -0.4 is 7.48 Å². The zero-order valence-electron chi connectivity index (χ0n) is 9.78. The van der Waals surface area contributed by atoms with Crippen LogP contribution in [0, 0.1) is 13.8 Å². The Bertz CT molecular complexity index is 524. The van der Waals surface area contributed by atoms with E-state index < -0.39 is 0 Å². The Labute approximate surface area is 140 Å². The van der Waals surface area contributed by atoms with Crippen LogP contribution in [0.25, 0.3) is 0 Å². The van der Waals surface area contributed by atoms with E-state index in [9.17, 15) is 0 Å². The molecule has 0 radical (unpaired) electrons. The molecule has 0 fully saturated rings. The minimum absolute atomic E-state index is 0.172. The summed E-state index contributed by atoms with van der Waals surface area (Å²) in [7, 11) is 0. The van der Waals surface area contributed by atoms with E-state index >= 15 is 0 Å². The van der Waals surface area contributed by atoms with Gasteiger partial charge in [-0.3, -0.25) is 0 Å². The topological polar surface area (TPSA) is 25.8 Å². The van der Waals surface area contributed by atoms with E-state index in [0.717, 1.165) is 20.3 Å². The van der Waals surface area contributed by atoms with Crippen molar-refractivity contribution in [3.05, 3.63) is 44.6 Å². The quantitative estimate of drug-likeness (QED) is 0.506. The molecule has 2 aromatic rings. The summed E-state index contributed by atoms with van der Waals surface area (Å²) < 4.78 is 4.78. The van der Waals surface area contributed by atoms with E-state index in [1.807, 2.05) is 13.8 Å². The van der Waals surface area contributed by atoms with Crippen LogP contribution in [0.3, 0.4) is 0 Å². The van der Waals surface area contributed by atoms with Crippen molar-refractivity contribution in [1.29, 1.82) is 0 Å². The SMILES string of the molecule is Cc1nc([Te][Te]c2ccc(Br)c(C)n2)ccc1Br. The van der Waals surface area contributed by atoms with Crippen molar-refractivity contribution >= 4 is 73.5 Å². The molecule has 94 valence electrons. The summed E-state index contributed by atoms with van der Waals surface area (Å²) in [5.41, 5.74) is 2.18. The summed E-state index contributed by atoms with van der Waals surface area (Å²) in [5, 5.41) is 0. The maximum absolute atomic E-state index is 4.63. The summed E-state index contributed by atoms with van der Waals surface area (Å²) in [5.74, 6) is 0. The van der Waals surface area contributed by atoms with Gasteiger partial charge in [-0.25, -0.2) is 0 Å². The number of aryl methyl sites for hydroxylation is 2. The van der Waals surface area contributed by atoms with E-state index in [-0.39, 0.29) is 34.1 Å². The number of halogens is 2. The first kappa shape index (κ1) is 15.2. The second-order valence-electron chi connectivity index (χ2n) is 3.60. The van der Waals surface area contributed by atoms with Crippen LogP contribution in [0.2, 0.25) is 0 Å². The number of rotatable bonds is 3. The van der Waals surface area contributed by atoms with Gasteiger partial charge in [-0.15, -0.1) is 0 Å². The van der Waals surface area contributed by atoms with E-state index in [1.165, 1.54) is 7.48 Å². The standard InChI is InChI=1S/C12H10Br2N2Te2/c1-7-9(13)3-5-11(15-7)17-18-12-6-4-10(14)8(2)16-12/h3-6H,1-2H3. The molecule has 0 spiro atoms. The van der Waals surface area contributed by atoms with Crippen LogP contribution in [-0.4, -0.2) is 44.1 Å². The Morgan fingerprint density at radius 2 is 1.17 bits per heavy atom. The van der Waals surface area contributed by atoms with Gasteiger partial charge in [0.05, 0.1) is 0 Å². The average Bonchev–Trinajstić information content (AvgIpc) is 2.35. The zero-order valence-corrected chi connectivity index (χ0v) is 17.6. The summed E-state index contributed by atoms with van der Waals surface area (Å²) in [6.45, 7) is 4.09. The second kappa shape index (κ2) is 7.02. The van der Waals surface area contributed by atoms with Gasteiger partial charge in [0.1, 0.15) is 0 Å². The third-order valence-electron chi connectivity index (χ3n) is 2.20. The molecular weight excluding hydrogens is 587 g/mol. The third-order valence-corrected chi connectivity index (χ3v) is 14.5. The van der Waals surface area contributed by atoms with E-state index in [1.54, 1.807) is 0 Å². The number of pyridine rings is 2. The Balaban J connectivity index is 2.06. The van der Waals surface area contributed by atoms with E-state index in [2.05, 4.69) is 66.1 Å². The van der Waals surface area contributed by atoms with Crippen molar-refractivity contribution in [2.45, 2.75) is 13.8 Å². The Hall–Kier alpha value is 0.839. The molecule has 2 nitrogen and oxygen atoms in total. The molecule has 0 bridgehead atoms. The van der Waals surface area contributed by atoms with Gasteiger partial charge in [0, 0.05) is 0 Å². The predicted molar refractivity (Wildman–Crippen MR) is 84.1 cm³/mol. The van der Waals surface area contributed by atoms with Crippen LogP contribution in [-0.2, 0) is 0 Å². The molecule has 0 amide bonds. The fourth-order valence-electron chi connectivity index (χ4n) is 1.22. The van der Waals surface area contributed by atoms with Gasteiger partial charge < -0.3 is 0 Å². The van der Waals surface area contributed by atoms with E-state index in [4.69, 9.17) is 0 Å². The zero-order chi connectivity index (χ0) is 13.1. The van der Waals surface area contributed by atoms with Crippen molar-refractivity contribution < 1.29 is 0 Å². The second-order valence-corrected chi connectivity index (χ2v) is 15.0. The molecule has 0 saturated carbocycles. The van der Waals surface area contributed by atoms with Gasteiger partial charge in [0.15, 0.2) is 0 Å². The van der Waals surface area contributed by atoms with Gasteiger partial charge in [-0.1, -0.05) is 0 Å². The summed E-state index contributed by atoms with van der Waals surface area (Å²) in [6.07, 6.45) is 0. The normalized spacial score (nSPS) is 10.7. The van der Waals surface area contributed by atoms with Crippen molar-refractivity contribution in [3.63, 3.8) is 0 Å². The molecule has 2 rings (SSSR count). The molecule has 0 unspecified atom stereocenters. The molecule has 0 aromatic carbocycles. The number of hydrogen-bond acceptors (Lipinski definition) is 2. The first-order chi connectivity index (χ1) is 8.56. The van der Waals surface area contributed by atoms with Gasteiger partial charge in [-0.2, -0.15) is 0 Å². The summed E-state index contributed by atoms with van der Waals surface area (Å²) in [4.78, 5) is 9.27. The third kappa shape index (κ3) is 4.17. The van der Waals surface area contributed by atoms with Crippen LogP contribution in [0.15, 0.2) is 33.2 Å². The van der Waals surface area contributed by atoms with Gasteiger partial charge >= 0.3 is 142 Å². The molecule has 0 aliphatic rings. The monoisotopic (exact) mass is 600 g/mol. The summed E-state index contributed by atoms with van der Waals surface area (Å²) in [6, 6.07) is 8.51. The Kier molecular flexibility index (Phi) is 5.94. The van der Waals surface area contributed by atoms with Crippen LogP contribution >= 0.6 is 31.9 Å². The molecule has 2 aromatic heterocycles. The number of hydrogen-bond donors (Lipinski definition) is 0. The van der Waals surface area contributed by atoms with Crippen molar-refractivity contribution in [1.82, 2.24) is 9.97 Å². The molecule has 2 heterocycles. The minimum atomic E-state index is -0.172. The van der Waals surface area contributed by atoms with Gasteiger partial charge in [0.25, 0.3) is 0 Å². The Morgan fingerprint density at radius 3 is 1.50 bits per heavy atom. The molecule has 0 N–H and O–H groups in total. The first-order valence-electron chi connectivity index (χ1n) is 5.17. The number of nitrogens with zero attached hydrogens (tertiary/aromatic N) is 2. The molecule has 0 atom stereocenters. The fraction of sp³-hybridized carbons (Fsp3) is 0.167. The predicted octanol–water partition coefficient (Wildman–Crippen LogP) is 1.89.